The van der Waals surface area contributed by atoms with E-state index in [2.05, 4.69) is 10.1 Å². The van der Waals surface area contributed by atoms with Gasteiger partial charge < -0.3 is 4.90 Å². The number of likely N-dealkylation sites (tertiary alicyclic amines) is 1. The summed E-state index contributed by atoms with van der Waals surface area (Å²) in [6.45, 7) is 2.38. The highest BCUT2D eigenvalue weighted by atomic mass is 35.5. The van der Waals surface area contributed by atoms with Crippen LogP contribution in [0.15, 0.2) is 36.9 Å². The van der Waals surface area contributed by atoms with Gasteiger partial charge in [-0.05, 0) is 11.6 Å². The molecule has 1 saturated heterocycles. The Balaban J connectivity index is 1.50. The molecule has 104 valence electrons. The van der Waals surface area contributed by atoms with Crippen LogP contribution in [0.1, 0.15) is 5.56 Å². The third-order valence-electron chi connectivity index (χ3n) is 3.52. The largest absolute Gasteiger partial charge is 0.342 e. The molecule has 1 aromatic carbocycles. The van der Waals surface area contributed by atoms with Gasteiger partial charge in [0.05, 0.1) is 6.42 Å². The topological polar surface area (TPSA) is 51.0 Å². The van der Waals surface area contributed by atoms with E-state index in [4.69, 9.17) is 11.6 Å². The monoisotopic (exact) mass is 290 g/mol. The molecule has 1 amide bonds. The van der Waals surface area contributed by atoms with Crippen LogP contribution in [-0.4, -0.2) is 38.7 Å². The molecular formula is C14H15ClN4O. The lowest BCUT2D eigenvalue weighted by Gasteiger charge is -2.39. The number of nitrogens with zero attached hydrogens (tertiary/aromatic N) is 4. The van der Waals surface area contributed by atoms with E-state index in [0.29, 0.717) is 17.4 Å². The minimum Gasteiger partial charge on any atom is -0.342 e. The third kappa shape index (κ3) is 2.82. The van der Waals surface area contributed by atoms with Crippen molar-refractivity contribution in [2.45, 2.75) is 13.0 Å². The first kappa shape index (κ1) is 13.1. The molecule has 0 spiro atoms. The Morgan fingerprint density at radius 3 is 2.85 bits per heavy atom. The number of rotatable bonds is 4. The molecule has 0 bridgehead atoms. The second-order valence-corrected chi connectivity index (χ2v) is 5.46. The van der Waals surface area contributed by atoms with E-state index < -0.39 is 0 Å². The van der Waals surface area contributed by atoms with Crippen LogP contribution in [-0.2, 0) is 17.8 Å². The van der Waals surface area contributed by atoms with Gasteiger partial charge in [-0.1, -0.05) is 29.8 Å². The maximum Gasteiger partial charge on any atom is 0.227 e. The minimum atomic E-state index is 0.132. The standard InChI is InChI=1S/C14H15ClN4O/c15-13-4-2-1-3-12(13)5-14(20)18-6-11(7-18)8-19-10-16-9-17-19/h1-4,9-11H,5-8H2. The van der Waals surface area contributed by atoms with Gasteiger partial charge in [-0.15, -0.1) is 0 Å². The van der Waals surface area contributed by atoms with Gasteiger partial charge in [0, 0.05) is 30.6 Å². The molecule has 0 N–H and O–H groups in total. The number of aromatic nitrogens is 3. The zero-order valence-corrected chi connectivity index (χ0v) is 11.7. The number of carbonyl (C=O) groups is 1. The van der Waals surface area contributed by atoms with Crippen molar-refractivity contribution in [1.82, 2.24) is 19.7 Å². The van der Waals surface area contributed by atoms with E-state index in [0.717, 1.165) is 25.2 Å². The number of hydrogen-bond donors (Lipinski definition) is 0. The normalized spacial score (nSPS) is 15.2. The number of carbonyl (C=O) groups excluding carboxylic acids is 1. The molecule has 3 rings (SSSR count). The molecular weight excluding hydrogens is 276 g/mol. The fourth-order valence-electron chi connectivity index (χ4n) is 2.40. The van der Waals surface area contributed by atoms with Gasteiger partial charge in [-0.2, -0.15) is 5.10 Å². The van der Waals surface area contributed by atoms with Crippen molar-refractivity contribution in [3.05, 3.63) is 47.5 Å². The number of halogens is 1. The molecule has 0 atom stereocenters. The van der Waals surface area contributed by atoms with Gasteiger partial charge >= 0.3 is 0 Å². The molecule has 20 heavy (non-hydrogen) atoms. The lowest BCUT2D eigenvalue weighted by molar-refractivity contribution is -0.137. The summed E-state index contributed by atoms with van der Waals surface area (Å²) < 4.78 is 1.81. The summed E-state index contributed by atoms with van der Waals surface area (Å²) in [7, 11) is 0. The van der Waals surface area contributed by atoms with E-state index in [1.807, 2.05) is 29.2 Å². The second kappa shape index (κ2) is 5.63. The number of amides is 1. The van der Waals surface area contributed by atoms with Gasteiger partial charge in [0.2, 0.25) is 5.91 Å². The van der Waals surface area contributed by atoms with E-state index in [1.165, 1.54) is 6.33 Å². The van der Waals surface area contributed by atoms with Gasteiger partial charge in [0.25, 0.3) is 0 Å². The molecule has 1 fully saturated rings. The first-order valence-corrected chi connectivity index (χ1v) is 6.94. The van der Waals surface area contributed by atoms with Crippen LogP contribution >= 0.6 is 11.6 Å². The molecule has 0 saturated carbocycles. The second-order valence-electron chi connectivity index (χ2n) is 5.05. The summed E-state index contributed by atoms with van der Waals surface area (Å²) >= 11 is 6.07. The van der Waals surface area contributed by atoms with Crippen molar-refractivity contribution in [3.8, 4) is 0 Å². The molecule has 0 aliphatic carbocycles. The van der Waals surface area contributed by atoms with Gasteiger partial charge in [0.1, 0.15) is 12.7 Å². The SMILES string of the molecule is O=C(Cc1ccccc1Cl)N1CC(Cn2cncn2)C1. The van der Waals surface area contributed by atoms with Crippen molar-refractivity contribution in [3.63, 3.8) is 0 Å². The summed E-state index contributed by atoms with van der Waals surface area (Å²) in [6, 6.07) is 7.48. The molecule has 5 nitrogen and oxygen atoms in total. The van der Waals surface area contributed by atoms with Crippen LogP contribution in [0.25, 0.3) is 0 Å². The summed E-state index contributed by atoms with van der Waals surface area (Å²) in [6.07, 6.45) is 3.60. The molecule has 1 aromatic heterocycles. The van der Waals surface area contributed by atoms with Gasteiger partial charge in [-0.3, -0.25) is 9.48 Å². The first-order chi connectivity index (χ1) is 9.72. The van der Waals surface area contributed by atoms with E-state index in [9.17, 15) is 4.79 Å². The van der Waals surface area contributed by atoms with E-state index in [-0.39, 0.29) is 5.91 Å². The van der Waals surface area contributed by atoms with Gasteiger partial charge in [0.15, 0.2) is 0 Å². The van der Waals surface area contributed by atoms with E-state index in [1.54, 1.807) is 11.0 Å². The Labute approximate surface area is 122 Å². The fraction of sp³-hybridized carbons (Fsp3) is 0.357. The molecule has 0 unspecified atom stereocenters. The van der Waals surface area contributed by atoms with Crippen LogP contribution in [0.2, 0.25) is 5.02 Å². The average Bonchev–Trinajstić information content (AvgIpc) is 2.89. The van der Waals surface area contributed by atoms with Crippen molar-refractivity contribution in [2.75, 3.05) is 13.1 Å². The molecule has 6 heteroatoms. The molecule has 2 heterocycles. The summed E-state index contributed by atoms with van der Waals surface area (Å²) in [5.74, 6) is 0.597. The minimum absolute atomic E-state index is 0.132. The Morgan fingerprint density at radius 1 is 1.35 bits per heavy atom. The molecule has 0 radical (unpaired) electrons. The highest BCUT2D eigenvalue weighted by molar-refractivity contribution is 6.31. The smallest absolute Gasteiger partial charge is 0.227 e. The van der Waals surface area contributed by atoms with Gasteiger partial charge in [-0.25, -0.2) is 4.98 Å². The maximum atomic E-state index is 12.1. The Bertz CT molecular complexity index is 593. The fourth-order valence-corrected chi connectivity index (χ4v) is 2.60. The summed E-state index contributed by atoms with van der Waals surface area (Å²) in [4.78, 5) is 17.9. The van der Waals surface area contributed by atoms with Crippen molar-refractivity contribution in [2.24, 2.45) is 5.92 Å². The van der Waals surface area contributed by atoms with Crippen LogP contribution in [0.5, 0.6) is 0 Å². The predicted molar refractivity (Wildman–Crippen MR) is 75.2 cm³/mol. The van der Waals surface area contributed by atoms with Crippen molar-refractivity contribution in [1.29, 1.82) is 0 Å². The average molecular weight is 291 g/mol. The van der Waals surface area contributed by atoms with E-state index >= 15 is 0 Å². The van der Waals surface area contributed by atoms with Crippen molar-refractivity contribution < 1.29 is 4.79 Å². The summed E-state index contributed by atoms with van der Waals surface area (Å²) in [5, 5.41) is 4.73. The maximum absolute atomic E-state index is 12.1. The molecule has 1 aliphatic heterocycles. The third-order valence-corrected chi connectivity index (χ3v) is 3.89. The zero-order chi connectivity index (χ0) is 13.9. The lowest BCUT2D eigenvalue weighted by atomic mass is 9.99. The summed E-state index contributed by atoms with van der Waals surface area (Å²) in [5.41, 5.74) is 0.888. The molecule has 2 aromatic rings. The number of hydrogen-bond acceptors (Lipinski definition) is 3. The van der Waals surface area contributed by atoms with Crippen LogP contribution in [0.4, 0.5) is 0 Å². The first-order valence-electron chi connectivity index (χ1n) is 6.56. The highest BCUT2D eigenvalue weighted by Gasteiger charge is 2.30. The zero-order valence-electron chi connectivity index (χ0n) is 10.9. The number of benzene rings is 1. The quantitative estimate of drug-likeness (QED) is 0.860. The Kier molecular flexibility index (Phi) is 3.69. The van der Waals surface area contributed by atoms with Crippen LogP contribution in [0.3, 0.4) is 0 Å². The Morgan fingerprint density at radius 2 is 2.15 bits per heavy atom. The van der Waals surface area contributed by atoms with Crippen molar-refractivity contribution >= 4 is 17.5 Å². The molecule has 1 aliphatic rings. The Hall–Kier alpha value is -1.88. The lowest BCUT2D eigenvalue weighted by Crippen LogP contribution is -2.52. The van der Waals surface area contributed by atoms with Crippen LogP contribution < -0.4 is 0 Å². The highest BCUT2D eigenvalue weighted by Crippen LogP contribution is 2.21. The van der Waals surface area contributed by atoms with Crippen LogP contribution in [0, 0.1) is 5.92 Å². The predicted octanol–water partition coefficient (Wildman–Crippen LogP) is 1.63.